The fourth-order valence-electron chi connectivity index (χ4n) is 5.14. The van der Waals surface area contributed by atoms with E-state index in [2.05, 4.69) is 20.8 Å². The summed E-state index contributed by atoms with van der Waals surface area (Å²) in [6.07, 6.45) is 2.88. The SMILES string of the molecule is COc1ccc(-c2cc(C(=O)OCC(=O)O[C@@H]3C[C@@H](C)CC[C@H]3C(C)C)c3ccccc3n2)cc1OC. The highest BCUT2D eigenvalue weighted by Crippen LogP contribution is 2.36. The van der Waals surface area contributed by atoms with Crippen LogP contribution < -0.4 is 9.47 Å². The number of nitrogens with zero attached hydrogens (tertiary/aromatic N) is 1. The van der Waals surface area contributed by atoms with Gasteiger partial charge < -0.3 is 18.9 Å². The number of carbonyl (C=O) groups excluding carboxylic acids is 2. The van der Waals surface area contributed by atoms with Gasteiger partial charge in [-0.15, -0.1) is 0 Å². The monoisotopic (exact) mass is 505 g/mol. The summed E-state index contributed by atoms with van der Waals surface area (Å²) < 4.78 is 22.0. The zero-order valence-corrected chi connectivity index (χ0v) is 22.2. The summed E-state index contributed by atoms with van der Waals surface area (Å²) in [5.41, 5.74) is 2.29. The van der Waals surface area contributed by atoms with E-state index in [1.54, 1.807) is 32.4 Å². The minimum Gasteiger partial charge on any atom is -0.493 e. The van der Waals surface area contributed by atoms with Gasteiger partial charge in [0, 0.05) is 10.9 Å². The number of carbonyl (C=O) groups is 2. The van der Waals surface area contributed by atoms with Crippen LogP contribution >= 0.6 is 0 Å². The normalized spacial score (nSPS) is 19.5. The second kappa shape index (κ2) is 11.6. The highest BCUT2D eigenvalue weighted by Gasteiger charge is 2.33. The molecule has 1 fully saturated rings. The van der Waals surface area contributed by atoms with Gasteiger partial charge in [0.2, 0.25) is 0 Å². The molecule has 0 radical (unpaired) electrons. The highest BCUT2D eigenvalue weighted by molar-refractivity contribution is 6.05. The Hall–Kier alpha value is -3.61. The second-order valence-corrected chi connectivity index (χ2v) is 10.1. The lowest BCUT2D eigenvalue weighted by Crippen LogP contribution is -2.36. The van der Waals surface area contributed by atoms with Crippen LogP contribution in [0.15, 0.2) is 48.5 Å². The number of pyridine rings is 1. The first-order valence-electron chi connectivity index (χ1n) is 12.8. The number of methoxy groups -OCH3 is 2. The summed E-state index contributed by atoms with van der Waals surface area (Å²) in [6, 6.07) is 14.5. The van der Waals surface area contributed by atoms with Crippen molar-refractivity contribution in [3.63, 3.8) is 0 Å². The first-order chi connectivity index (χ1) is 17.8. The predicted molar refractivity (Wildman–Crippen MR) is 142 cm³/mol. The van der Waals surface area contributed by atoms with Gasteiger partial charge in [-0.25, -0.2) is 14.6 Å². The summed E-state index contributed by atoms with van der Waals surface area (Å²) >= 11 is 0. The van der Waals surface area contributed by atoms with Crippen LogP contribution in [0.4, 0.5) is 0 Å². The van der Waals surface area contributed by atoms with Crippen molar-refractivity contribution in [3.05, 3.63) is 54.1 Å². The van der Waals surface area contributed by atoms with E-state index in [1.807, 2.05) is 30.3 Å². The summed E-state index contributed by atoms with van der Waals surface area (Å²) in [5, 5.41) is 0.645. The molecule has 1 aliphatic carbocycles. The van der Waals surface area contributed by atoms with Crippen molar-refractivity contribution >= 4 is 22.8 Å². The number of para-hydroxylation sites is 1. The number of hydrogen-bond donors (Lipinski definition) is 0. The Kier molecular flexibility index (Phi) is 8.31. The van der Waals surface area contributed by atoms with Gasteiger partial charge in [0.05, 0.1) is 31.0 Å². The standard InChI is InChI=1S/C30H35NO6/c1-18(2)21-12-10-19(3)14-27(21)37-29(32)17-36-30(33)23-16-25(31-24-9-7-6-8-22(23)24)20-11-13-26(34-4)28(15-20)35-5/h6-9,11,13,15-16,18-19,21,27H,10,12,14,17H2,1-5H3/t19-,21-,27+/m0/s1. The summed E-state index contributed by atoms with van der Waals surface area (Å²) in [7, 11) is 3.14. The number of benzene rings is 2. The van der Waals surface area contributed by atoms with E-state index in [4.69, 9.17) is 23.9 Å². The van der Waals surface area contributed by atoms with Crippen molar-refractivity contribution in [1.82, 2.24) is 4.98 Å². The van der Waals surface area contributed by atoms with Crippen LogP contribution in [-0.2, 0) is 14.3 Å². The van der Waals surface area contributed by atoms with Crippen LogP contribution in [0.1, 0.15) is 50.4 Å². The van der Waals surface area contributed by atoms with Crippen LogP contribution in [-0.4, -0.2) is 43.9 Å². The number of aromatic nitrogens is 1. The molecule has 37 heavy (non-hydrogen) atoms. The average molecular weight is 506 g/mol. The van der Waals surface area contributed by atoms with Crippen molar-refractivity contribution in [1.29, 1.82) is 0 Å². The number of hydrogen-bond acceptors (Lipinski definition) is 7. The van der Waals surface area contributed by atoms with Crippen molar-refractivity contribution < 1.29 is 28.5 Å². The first kappa shape index (κ1) is 26.5. The fourth-order valence-corrected chi connectivity index (χ4v) is 5.14. The third-order valence-electron chi connectivity index (χ3n) is 7.18. The highest BCUT2D eigenvalue weighted by atomic mass is 16.6. The molecule has 4 rings (SSSR count). The maximum absolute atomic E-state index is 13.2. The lowest BCUT2D eigenvalue weighted by atomic mass is 9.75. The van der Waals surface area contributed by atoms with Gasteiger partial charge in [0.15, 0.2) is 18.1 Å². The van der Waals surface area contributed by atoms with E-state index >= 15 is 0 Å². The molecule has 7 nitrogen and oxygen atoms in total. The molecule has 0 aliphatic heterocycles. The Morgan fingerprint density at radius 2 is 1.76 bits per heavy atom. The Morgan fingerprint density at radius 1 is 1.00 bits per heavy atom. The molecule has 0 saturated heterocycles. The van der Waals surface area contributed by atoms with E-state index < -0.39 is 18.5 Å². The van der Waals surface area contributed by atoms with Crippen molar-refractivity contribution in [2.24, 2.45) is 17.8 Å². The second-order valence-electron chi connectivity index (χ2n) is 10.1. The van der Waals surface area contributed by atoms with Crippen molar-refractivity contribution in [2.45, 2.75) is 46.1 Å². The molecule has 196 valence electrons. The third kappa shape index (κ3) is 6.04. The lowest BCUT2D eigenvalue weighted by molar-refractivity contribution is -0.159. The largest absolute Gasteiger partial charge is 0.493 e. The van der Waals surface area contributed by atoms with Gasteiger partial charge in [-0.1, -0.05) is 45.4 Å². The molecule has 3 aromatic rings. The van der Waals surface area contributed by atoms with Gasteiger partial charge in [0.25, 0.3) is 0 Å². The molecule has 1 heterocycles. The van der Waals surface area contributed by atoms with Gasteiger partial charge in [-0.3, -0.25) is 0 Å². The van der Waals surface area contributed by atoms with Crippen LogP contribution in [0.2, 0.25) is 0 Å². The molecule has 0 spiro atoms. The number of esters is 2. The predicted octanol–water partition coefficient (Wildman–Crippen LogP) is 6.08. The van der Waals surface area contributed by atoms with E-state index in [0.717, 1.165) is 24.8 Å². The minimum atomic E-state index is -0.602. The first-order valence-corrected chi connectivity index (χ1v) is 12.8. The lowest BCUT2D eigenvalue weighted by Gasteiger charge is -2.36. The van der Waals surface area contributed by atoms with E-state index in [9.17, 15) is 9.59 Å². The molecule has 0 unspecified atom stereocenters. The van der Waals surface area contributed by atoms with Crippen LogP contribution in [0.3, 0.4) is 0 Å². The van der Waals surface area contributed by atoms with Crippen LogP contribution in [0, 0.1) is 17.8 Å². The van der Waals surface area contributed by atoms with E-state index in [0.29, 0.717) is 51.4 Å². The smallest absolute Gasteiger partial charge is 0.344 e. The molecule has 3 atom stereocenters. The van der Waals surface area contributed by atoms with Crippen LogP contribution in [0.5, 0.6) is 11.5 Å². The average Bonchev–Trinajstić information content (AvgIpc) is 2.90. The Bertz CT molecular complexity index is 1270. The van der Waals surface area contributed by atoms with Gasteiger partial charge >= 0.3 is 11.9 Å². The maximum atomic E-state index is 13.2. The molecular formula is C30H35NO6. The minimum absolute atomic E-state index is 0.145. The third-order valence-corrected chi connectivity index (χ3v) is 7.18. The topological polar surface area (TPSA) is 84.0 Å². The molecule has 0 amide bonds. The maximum Gasteiger partial charge on any atom is 0.344 e. The summed E-state index contributed by atoms with van der Waals surface area (Å²) in [6.45, 7) is 6.07. The fraction of sp³-hybridized carbons (Fsp3) is 0.433. The van der Waals surface area contributed by atoms with E-state index in [-0.39, 0.29) is 6.10 Å². The molecule has 2 aromatic carbocycles. The molecule has 0 N–H and O–H groups in total. The molecule has 1 aromatic heterocycles. The molecule has 0 bridgehead atoms. The summed E-state index contributed by atoms with van der Waals surface area (Å²) in [5.74, 6) is 1.28. The van der Waals surface area contributed by atoms with E-state index in [1.165, 1.54) is 0 Å². The van der Waals surface area contributed by atoms with Crippen molar-refractivity contribution in [2.75, 3.05) is 20.8 Å². The zero-order valence-electron chi connectivity index (χ0n) is 22.2. The van der Waals surface area contributed by atoms with Gasteiger partial charge in [0.1, 0.15) is 6.10 Å². The molecule has 1 aliphatic rings. The number of fused-ring (bicyclic) bond motifs is 1. The zero-order chi connectivity index (χ0) is 26.5. The number of rotatable bonds is 8. The van der Waals surface area contributed by atoms with Gasteiger partial charge in [-0.2, -0.15) is 0 Å². The summed E-state index contributed by atoms with van der Waals surface area (Å²) in [4.78, 5) is 30.6. The van der Waals surface area contributed by atoms with Crippen molar-refractivity contribution in [3.8, 4) is 22.8 Å². The molecule has 1 saturated carbocycles. The Balaban J connectivity index is 1.54. The Labute approximate surface area is 218 Å². The quantitative estimate of drug-likeness (QED) is 0.343. The molecule has 7 heteroatoms. The number of ether oxygens (including phenoxy) is 4. The Morgan fingerprint density at radius 3 is 2.49 bits per heavy atom. The molecular weight excluding hydrogens is 470 g/mol. The van der Waals surface area contributed by atoms with Crippen LogP contribution in [0.25, 0.3) is 22.2 Å². The van der Waals surface area contributed by atoms with Gasteiger partial charge in [-0.05, 0) is 60.9 Å².